The number of pyridine rings is 1. The first-order valence-corrected chi connectivity index (χ1v) is 8.86. The van der Waals surface area contributed by atoms with Gasteiger partial charge in [0.2, 0.25) is 0 Å². The summed E-state index contributed by atoms with van der Waals surface area (Å²) in [6.07, 6.45) is 4.05. The number of anilines is 1. The van der Waals surface area contributed by atoms with Crippen molar-refractivity contribution in [1.29, 1.82) is 0 Å². The third kappa shape index (κ3) is 2.82. The van der Waals surface area contributed by atoms with Gasteiger partial charge >= 0.3 is 0 Å². The van der Waals surface area contributed by atoms with Crippen molar-refractivity contribution in [3.8, 4) is 0 Å². The molecule has 0 saturated heterocycles. The zero-order valence-corrected chi connectivity index (χ0v) is 15.0. The Morgan fingerprint density at radius 2 is 1.96 bits per heavy atom. The molecule has 1 aliphatic heterocycles. The van der Waals surface area contributed by atoms with E-state index in [9.17, 15) is 4.79 Å². The molecule has 4 nitrogen and oxygen atoms in total. The molecule has 0 saturated carbocycles. The molecule has 4 heteroatoms. The minimum Gasteiger partial charge on any atom is -0.365 e. The van der Waals surface area contributed by atoms with Gasteiger partial charge in [0.15, 0.2) is 0 Å². The topological polar surface area (TPSA) is 37.6 Å². The van der Waals surface area contributed by atoms with Gasteiger partial charge in [-0.1, -0.05) is 12.1 Å². The summed E-state index contributed by atoms with van der Waals surface area (Å²) in [6, 6.07) is 10.1. The molecule has 0 bridgehead atoms. The van der Waals surface area contributed by atoms with Crippen LogP contribution in [0.2, 0.25) is 0 Å². The summed E-state index contributed by atoms with van der Waals surface area (Å²) in [5.41, 5.74) is 7.98. The van der Waals surface area contributed by atoms with Crippen LogP contribution >= 0.6 is 0 Å². The molecule has 4 rings (SSSR count). The SMILES string of the molecule is Cc1cc(C)c2c(c1)N(Cc1cc(=O)n3cccc(C)c3n1)CCC2. The van der Waals surface area contributed by atoms with Crippen LogP contribution in [-0.2, 0) is 13.0 Å². The number of hydrogen-bond acceptors (Lipinski definition) is 3. The van der Waals surface area contributed by atoms with Crippen molar-refractivity contribution >= 4 is 11.3 Å². The molecule has 1 aliphatic rings. The quantitative estimate of drug-likeness (QED) is 0.719. The van der Waals surface area contributed by atoms with Gasteiger partial charge in [-0.3, -0.25) is 9.20 Å². The number of nitrogens with zero attached hydrogens (tertiary/aromatic N) is 3. The minimum absolute atomic E-state index is 0.0126. The highest BCUT2D eigenvalue weighted by Crippen LogP contribution is 2.31. The number of aromatic nitrogens is 2. The Kier molecular flexibility index (Phi) is 3.83. The van der Waals surface area contributed by atoms with E-state index < -0.39 is 0 Å². The Morgan fingerprint density at radius 1 is 1.12 bits per heavy atom. The molecule has 0 atom stereocenters. The maximum absolute atomic E-state index is 12.5. The monoisotopic (exact) mass is 333 g/mol. The van der Waals surface area contributed by atoms with Gasteiger partial charge in [0.1, 0.15) is 5.65 Å². The Balaban J connectivity index is 1.76. The Bertz CT molecular complexity index is 1020. The molecule has 0 spiro atoms. The van der Waals surface area contributed by atoms with Crippen molar-refractivity contribution in [3.05, 3.63) is 74.8 Å². The van der Waals surface area contributed by atoms with Gasteiger partial charge < -0.3 is 4.90 Å². The average molecular weight is 333 g/mol. The third-order valence-electron chi connectivity index (χ3n) is 5.08. The van der Waals surface area contributed by atoms with Crippen LogP contribution in [0.15, 0.2) is 41.3 Å². The number of aryl methyl sites for hydroxylation is 3. The molecule has 3 aromatic rings. The maximum atomic E-state index is 12.5. The summed E-state index contributed by atoms with van der Waals surface area (Å²) >= 11 is 0. The van der Waals surface area contributed by atoms with Crippen molar-refractivity contribution in [3.63, 3.8) is 0 Å². The second-order valence-electron chi connectivity index (χ2n) is 7.08. The molecule has 0 unspecified atom stereocenters. The number of benzene rings is 1. The van der Waals surface area contributed by atoms with E-state index in [1.165, 1.54) is 22.4 Å². The van der Waals surface area contributed by atoms with Crippen molar-refractivity contribution in [2.75, 3.05) is 11.4 Å². The first kappa shape index (κ1) is 15.9. The molecule has 2 aromatic heterocycles. The standard InChI is InChI=1S/C21H23N3O/c1-14-10-16(3)18-7-5-8-23(19(18)11-14)13-17-12-20(25)24-9-4-6-15(2)21(24)22-17/h4,6,9-12H,5,7-8,13H2,1-3H3. The smallest absolute Gasteiger partial charge is 0.258 e. The van der Waals surface area contributed by atoms with Crippen LogP contribution in [0.5, 0.6) is 0 Å². The number of rotatable bonds is 2. The van der Waals surface area contributed by atoms with Gasteiger partial charge in [0.25, 0.3) is 5.56 Å². The molecular weight excluding hydrogens is 310 g/mol. The van der Waals surface area contributed by atoms with E-state index in [0.29, 0.717) is 6.54 Å². The van der Waals surface area contributed by atoms with Crippen molar-refractivity contribution in [2.24, 2.45) is 0 Å². The molecule has 0 fully saturated rings. The van der Waals surface area contributed by atoms with Gasteiger partial charge in [-0.15, -0.1) is 0 Å². The van der Waals surface area contributed by atoms with Gasteiger partial charge in [-0.25, -0.2) is 4.98 Å². The average Bonchev–Trinajstić information content (AvgIpc) is 2.57. The molecule has 1 aromatic carbocycles. The van der Waals surface area contributed by atoms with Crippen LogP contribution in [0.25, 0.3) is 5.65 Å². The Labute approximate surface area is 147 Å². The number of hydrogen-bond donors (Lipinski definition) is 0. The normalized spacial score (nSPS) is 14.0. The predicted octanol–water partition coefficient (Wildman–Crippen LogP) is 3.57. The van der Waals surface area contributed by atoms with Crippen molar-refractivity contribution in [2.45, 2.75) is 40.2 Å². The van der Waals surface area contributed by atoms with E-state index in [2.05, 4.69) is 30.9 Å². The van der Waals surface area contributed by atoms with E-state index in [4.69, 9.17) is 4.98 Å². The lowest BCUT2D eigenvalue weighted by Gasteiger charge is -2.32. The van der Waals surface area contributed by atoms with Crippen LogP contribution in [0.4, 0.5) is 5.69 Å². The molecule has 3 heterocycles. The zero-order chi connectivity index (χ0) is 17.6. The van der Waals surface area contributed by atoms with Gasteiger partial charge in [0.05, 0.1) is 12.2 Å². The van der Waals surface area contributed by atoms with Crippen molar-refractivity contribution in [1.82, 2.24) is 9.38 Å². The molecular formula is C21H23N3O. The zero-order valence-electron chi connectivity index (χ0n) is 15.0. The van der Waals surface area contributed by atoms with Crippen LogP contribution in [-0.4, -0.2) is 15.9 Å². The lowest BCUT2D eigenvalue weighted by atomic mass is 9.95. The molecule has 128 valence electrons. The van der Waals surface area contributed by atoms with Crippen molar-refractivity contribution < 1.29 is 0 Å². The van der Waals surface area contributed by atoms with E-state index in [-0.39, 0.29) is 5.56 Å². The fraction of sp³-hybridized carbons (Fsp3) is 0.333. The van der Waals surface area contributed by atoms with Gasteiger partial charge in [0, 0.05) is 24.5 Å². The second-order valence-corrected chi connectivity index (χ2v) is 7.08. The van der Waals surface area contributed by atoms with Crippen LogP contribution in [0, 0.1) is 20.8 Å². The van der Waals surface area contributed by atoms with Crippen LogP contribution < -0.4 is 10.5 Å². The highest BCUT2D eigenvalue weighted by molar-refractivity contribution is 5.60. The second kappa shape index (κ2) is 6.03. The summed E-state index contributed by atoms with van der Waals surface area (Å²) in [4.78, 5) is 19.6. The first-order chi connectivity index (χ1) is 12.0. The fourth-order valence-corrected chi connectivity index (χ4v) is 3.90. The number of fused-ring (bicyclic) bond motifs is 2. The molecule has 0 aliphatic carbocycles. The summed E-state index contributed by atoms with van der Waals surface area (Å²) in [7, 11) is 0. The summed E-state index contributed by atoms with van der Waals surface area (Å²) in [5.74, 6) is 0. The van der Waals surface area contributed by atoms with Crippen LogP contribution in [0.1, 0.15) is 34.4 Å². The summed E-state index contributed by atoms with van der Waals surface area (Å²) in [6.45, 7) is 8.01. The maximum Gasteiger partial charge on any atom is 0.258 e. The fourth-order valence-electron chi connectivity index (χ4n) is 3.90. The van der Waals surface area contributed by atoms with E-state index in [1.807, 2.05) is 19.1 Å². The van der Waals surface area contributed by atoms with E-state index >= 15 is 0 Å². The molecule has 0 radical (unpaired) electrons. The lowest BCUT2D eigenvalue weighted by molar-refractivity contribution is 0.680. The molecule has 0 N–H and O–H groups in total. The highest BCUT2D eigenvalue weighted by atomic mass is 16.1. The van der Waals surface area contributed by atoms with Gasteiger partial charge in [-0.05, 0) is 68.0 Å². The minimum atomic E-state index is -0.0126. The molecule has 25 heavy (non-hydrogen) atoms. The van der Waals surface area contributed by atoms with Gasteiger partial charge in [-0.2, -0.15) is 0 Å². The van der Waals surface area contributed by atoms with Crippen LogP contribution in [0.3, 0.4) is 0 Å². The summed E-state index contributed by atoms with van der Waals surface area (Å²) < 4.78 is 1.62. The first-order valence-electron chi connectivity index (χ1n) is 8.86. The van der Waals surface area contributed by atoms with E-state index in [1.54, 1.807) is 16.7 Å². The summed E-state index contributed by atoms with van der Waals surface area (Å²) in [5, 5.41) is 0. The largest absolute Gasteiger partial charge is 0.365 e. The lowest BCUT2D eigenvalue weighted by Crippen LogP contribution is -2.30. The Hall–Kier alpha value is -2.62. The third-order valence-corrected chi connectivity index (χ3v) is 5.08. The molecule has 0 amide bonds. The van der Waals surface area contributed by atoms with E-state index in [0.717, 1.165) is 36.3 Å². The Morgan fingerprint density at radius 3 is 2.80 bits per heavy atom. The predicted molar refractivity (Wildman–Crippen MR) is 101 cm³/mol. The highest BCUT2D eigenvalue weighted by Gasteiger charge is 2.20.